The second kappa shape index (κ2) is 8.26. The Morgan fingerprint density at radius 1 is 1.04 bits per heavy atom. The van der Waals surface area contributed by atoms with Crippen LogP contribution in [-0.4, -0.2) is 11.8 Å². The van der Waals surface area contributed by atoms with Crippen molar-refractivity contribution in [2.45, 2.75) is 20.0 Å². The molecule has 0 heterocycles. The van der Waals surface area contributed by atoms with E-state index >= 15 is 0 Å². The summed E-state index contributed by atoms with van der Waals surface area (Å²) in [5.41, 5.74) is 5.72. The molecule has 2 aromatic rings. The van der Waals surface area contributed by atoms with Crippen molar-refractivity contribution in [1.29, 1.82) is 0 Å². The van der Waals surface area contributed by atoms with Crippen LogP contribution in [0.2, 0.25) is 5.02 Å². The number of halogens is 4. The second-order valence-corrected chi connectivity index (χ2v) is 6.24. The van der Waals surface area contributed by atoms with Gasteiger partial charge in [0.1, 0.15) is 0 Å². The number of benzene rings is 2. The first-order chi connectivity index (χ1) is 12.6. The maximum atomic E-state index is 12.8. The number of aryl methyl sites for hydroxylation is 2. The molecule has 0 saturated heterocycles. The third kappa shape index (κ3) is 5.59. The lowest BCUT2D eigenvalue weighted by atomic mass is 10.1. The zero-order chi connectivity index (χ0) is 20.2. The molecule has 0 aromatic heterocycles. The van der Waals surface area contributed by atoms with Crippen LogP contribution in [0.1, 0.15) is 32.6 Å². The van der Waals surface area contributed by atoms with E-state index < -0.39 is 28.6 Å². The maximum absolute atomic E-state index is 12.8. The van der Waals surface area contributed by atoms with Crippen molar-refractivity contribution in [3.05, 3.63) is 75.3 Å². The van der Waals surface area contributed by atoms with Crippen LogP contribution in [0, 0.1) is 13.8 Å². The molecular formula is C19H16ClF3N2O2. The summed E-state index contributed by atoms with van der Waals surface area (Å²) in [5, 5.41) is -0.426. The summed E-state index contributed by atoms with van der Waals surface area (Å²) in [7, 11) is 0. The first kappa shape index (κ1) is 20.5. The fourth-order valence-corrected chi connectivity index (χ4v) is 2.56. The molecular weight excluding hydrogens is 381 g/mol. The Hall–Kier alpha value is -2.80. The first-order valence-electron chi connectivity index (χ1n) is 7.80. The van der Waals surface area contributed by atoms with Gasteiger partial charge >= 0.3 is 6.18 Å². The standard InChI is InChI=1S/C19H16ClF3N2O2/c1-11-3-6-14(12(2)9-11)18(27)25-24-17(26)8-5-13-4-7-16(20)15(10-13)19(21,22)23/h3-10H,1-2H3,(H,24,26)(H,25,27)/b8-5+. The van der Waals surface area contributed by atoms with Crippen LogP contribution in [0.5, 0.6) is 0 Å². The SMILES string of the molecule is Cc1ccc(C(=O)NNC(=O)/C=C/c2ccc(Cl)c(C(F)(F)F)c2)c(C)c1. The van der Waals surface area contributed by atoms with Crippen LogP contribution in [0.4, 0.5) is 13.2 Å². The van der Waals surface area contributed by atoms with E-state index in [9.17, 15) is 22.8 Å². The number of carbonyl (C=O) groups is 2. The van der Waals surface area contributed by atoms with Crippen LogP contribution < -0.4 is 10.9 Å². The Kier molecular flexibility index (Phi) is 6.28. The maximum Gasteiger partial charge on any atom is 0.417 e. The normalized spacial score (nSPS) is 11.5. The van der Waals surface area contributed by atoms with Crippen LogP contribution >= 0.6 is 11.6 Å². The number of amides is 2. The number of carbonyl (C=O) groups excluding carboxylic acids is 2. The highest BCUT2D eigenvalue weighted by Gasteiger charge is 2.33. The van der Waals surface area contributed by atoms with E-state index in [2.05, 4.69) is 10.9 Å². The Morgan fingerprint density at radius 3 is 2.37 bits per heavy atom. The van der Waals surface area contributed by atoms with Gasteiger partial charge in [-0.1, -0.05) is 35.4 Å². The van der Waals surface area contributed by atoms with Crippen molar-refractivity contribution in [3.63, 3.8) is 0 Å². The molecule has 0 fully saturated rings. The van der Waals surface area contributed by atoms with E-state index in [1.165, 1.54) is 12.1 Å². The molecule has 142 valence electrons. The molecule has 0 saturated carbocycles. The third-order valence-corrected chi connectivity index (χ3v) is 3.98. The monoisotopic (exact) mass is 396 g/mol. The highest BCUT2D eigenvalue weighted by molar-refractivity contribution is 6.31. The molecule has 8 heteroatoms. The van der Waals surface area contributed by atoms with Crippen LogP contribution in [0.3, 0.4) is 0 Å². The molecule has 2 rings (SSSR count). The van der Waals surface area contributed by atoms with Gasteiger partial charge in [0.05, 0.1) is 10.6 Å². The van der Waals surface area contributed by atoms with Crippen molar-refractivity contribution >= 4 is 29.5 Å². The summed E-state index contributed by atoms with van der Waals surface area (Å²) < 4.78 is 38.5. The van der Waals surface area contributed by atoms with Crippen LogP contribution in [0.25, 0.3) is 6.08 Å². The lowest BCUT2D eigenvalue weighted by molar-refractivity contribution is -0.137. The smallest absolute Gasteiger partial charge is 0.268 e. The molecule has 0 bridgehead atoms. The van der Waals surface area contributed by atoms with Gasteiger partial charge in [-0.3, -0.25) is 20.4 Å². The molecule has 4 nitrogen and oxygen atoms in total. The van der Waals surface area contributed by atoms with E-state index in [-0.39, 0.29) is 5.56 Å². The molecule has 0 aliphatic heterocycles. The summed E-state index contributed by atoms with van der Waals surface area (Å²) in [5.74, 6) is -1.20. The van der Waals surface area contributed by atoms with E-state index in [1.807, 2.05) is 13.0 Å². The Balaban J connectivity index is 2.00. The molecule has 0 aliphatic rings. The van der Waals surface area contributed by atoms with Crippen molar-refractivity contribution in [1.82, 2.24) is 10.9 Å². The fourth-order valence-electron chi connectivity index (χ4n) is 2.33. The van der Waals surface area contributed by atoms with E-state index in [0.717, 1.165) is 29.3 Å². The van der Waals surface area contributed by atoms with Gasteiger partial charge in [-0.2, -0.15) is 13.2 Å². The van der Waals surface area contributed by atoms with Gasteiger partial charge in [0.25, 0.3) is 11.8 Å². The Labute approximate surface area is 159 Å². The van der Waals surface area contributed by atoms with Gasteiger partial charge in [-0.15, -0.1) is 0 Å². The van der Waals surface area contributed by atoms with Gasteiger partial charge in [0.15, 0.2) is 0 Å². The number of hydrogen-bond acceptors (Lipinski definition) is 2. The molecule has 0 unspecified atom stereocenters. The molecule has 0 aliphatic carbocycles. The van der Waals surface area contributed by atoms with Gasteiger partial charge in [-0.25, -0.2) is 0 Å². The average molecular weight is 397 g/mol. The molecule has 27 heavy (non-hydrogen) atoms. The molecule has 2 amide bonds. The van der Waals surface area contributed by atoms with Crippen LogP contribution in [-0.2, 0) is 11.0 Å². The van der Waals surface area contributed by atoms with Crippen LogP contribution in [0.15, 0.2) is 42.5 Å². The Bertz CT molecular complexity index is 908. The molecule has 0 atom stereocenters. The summed E-state index contributed by atoms with van der Waals surface area (Å²) in [4.78, 5) is 23.8. The van der Waals surface area contributed by atoms with Crippen molar-refractivity contribution in [2.75, 3.05) is 0 Å². The first-order valence-corrected chi connectivity index (χ1v) is 8.18. The Morgan fingerprint density at radius 2 is 1.74 bits per heavy atom. The van der Waals surface area contributed by atoms with E-state index in [1.54, 1.807) is 19.1 Å². The number of nitrogens with one attached hydrogen (secondary N) is 2. The van der Waals surface area contributed by atoms with Crippen molar-refractivity contribution < 1.29 is 22.8 Å². The molecule has 2 N–H and O–H groups in total. The van der Waals surface area contributed by atoms with E-state index in [0.29, 0.717) is 5.56 Å². The molecule has 0 spiro atoms. The summed E-state index contributed by atoms with van der Waals surface area (Å²) in [6, 6.07) is 8.51. The van der Waals surface area contributed by atoms with Gasteiger partial charge in [0.2, 0.25) is 0 Å². The fraction of sp³-hybridized carbons (Fsp3) is 0.158. The summed E-state index contributed by atoms with van der Waals surface area (Å²) >= 11 is 5.54. The highest BCUT2D eigenvalue weighted by Crippen LogP contribution is 2.35. The lowest BCUT2D eigenvalue weighted by Crippen LogP contribution is -2.41. The van der Waals surface area contributed by atoms with Crippen molar-refractivity contribution in [2.24, 2.45) is 0 Å². The average Bonchev–Trinajstić information content (AvgIpc) is 2.58. The number of hydrazine groups is 1. The molecule has 2 aromatic carbocycles. The minimum atomic E-state index is -4.59. The summed E-state index contributed by atoms with van der Waals surface area (Å²) in [6.07, 6.45) is -2.40. The zero-order valence-corrected chi connectivity index (χ0v) is 15.2. The lowest BCUT2D eigenvalue weighted by Gasteiger charge is -2.09. The minimum Gasteiger partial charge on any atom is -0.268 e. The van der Waals surface area contributed by atoms with Crippen molar-refractivity contribution in [3.8, 4) is 0 Å². The highest BCUT2D eigenvalue weighted by atomic mass is 35.5. The van der Waals surface area contributed by atoms with Gasteiger partial charge in [0, 0.05) is 11.6 Å². The zero-order valence-electron chi connectivity index (χ0n) is 14.4. The number of alkyl halides is 3. The van der Waals surface area contributed by atoms with Gasteiger partial charge in [-0.05, 0) is 49.2 Å². The number of hydrogen-bond donors (Lipinski definition) is 2. The third-order valence-electron chi connectivity index (χ3n) is 3.65. The number of rotatable bonds is 3. The predicted molar refractivity (Wildman–Crippen MR) is 97.0 cm³/mol. The van der Waals surface area contributed by atoms with E-state index in [4.69, 9.17) is 11.6 Å². The van der Waals surface area contributed by atoms with Gasteiger partial charge < -0.3 is 0 Å². The quantitative estimate of drug-likeness (QED) is 0.595. The molecule has 0 radical (unpaired) electrons. The summed E-state index contributed by atoms with van der Waals surface area (Å²) in [6.45, 7) is 3.66. The second-order valence-electron chi connectivity index (χ2n) is 5.83. The minimum absolute atomic E-state index is 0.141. The predicted octanol–water partition coefficient (Wildman–Crippen LogP) is 4.45. The topological polar surface area (TPSA) is 58.2 Å². The largest absolute Gasteiger partial charge is 0.417 e.